The largest absolute Gasteiger partial charge is 0.493 e. The van der Waals surface area contributed by atoms with E-state index in [1.54, 1.807) is 42.7 Å². The van der Waals surface area contributed by atoms with Crippen LogP contribution in [-0.2, 0) is 4.74 Å². The summed E-state index contributed by atoms with van der Waals surface area (Å²) in [6.45, 7) is 2.28. The van der Waals surface area contributed by atoms with Gasteiger partial charge in [-0.1, -0.05) is 0 Å². The number of carbonyl (C=O) groups is 1. The summed E-state index contributed by atoms with van der Waals surface area (Å²) < 4.78 is 21.4. The van der Waals surface area contributed by atoms with E-state index in [1.165, 1.54) is 26.4 Å². The number of nitro benzene ring substituents is 1. The molecule has 10 heteroatoms. The van der Waals surface area contributed by atoms with Gasteiger partial charge in [-0.2, -0.15) is 0 Å². The predicted octanol–water partition coefficient (Wildman–Crippen LogP) is 4.38. The number of methoxy groups -OCH3 is 2. The second kappa shape index (κ2) is 10.9. The molecular weight excluding hydrogens is 430 g/mol. The third-order valence-corrected chi connectivity index (χ3v) is 4.56. The maximum absolute atomic E-state index is 12.9. The Balaban J connectivity index is 1.82. The molecule has 1 amide bonds. The summed E-state index contributed by atoms with van der Waals surface area (Å²) in [4.78, 5) is 27.9. The van der Waals surface area contributed by atoms with Crippen molar-refractivity contribution in [1.29, 1.82) is 0 Å². The summed E-state index contributed by atoms with van der Waals surface area (Å²) in [5.41, 5.74) is 0.633. The van der Waals surface area contributed by atoms with Crippen LogP contribution >= 0.6 is 0 Å². The van der Waals surface area contributed by atoms with Gasteiger partial charge in [-0.3, -0.25) is 19.9 Å². The predicted molar refractivity (Wildman–Crippen MR) is 120 cm³/mol. The number of hydrogen-bond donors (Lipinski definition) is 1. The van der Waals surface area contributed by atoms with E-state index in [1.807, 2.05) is 6.92 Å². The molecule has 3 aromatic rings. The number of benzene rings is 2. The average Bonchev–Trinajstić information content (AvgIpc) is 2.81. The SMILES string of the molecule is COCCOc1cc([N+](=O)[O-])c(C(=O)Nc2ccc(Oc3cccnc3)c(C)c2)cc1OC. The molecule has 2 aromatic carbocycles. The van der Waals surface area contributed by atoms with E-state index in [0.29, 0.717) is 23.8 Å². The Labute approximate surface area is 190 Å². The van der Waals surface area contributed by atoms with Gasteiger partial charge in [0.15, 0.2) is 11.5 Å². The lowest BCUT2D eigenvalue weighted by molar-refractivity contribution is -0.385. The molecule has 0 aliphatic heterocycles. The van der Waals surface area contributed by atoms with Crippen molar-refractivity contribution in [3.8, 4) is 23.0 Å². The van der Waals surface area contributed by atoms with Crippen molar-refractivity contribution in [3.05, 3.63) is 76.1 Å². The van der Waals surface area contributed by atoms with Crippen LogP contribution in [0, 0.1) is 17.0 Å². The van der Waals surface area contributed by atoms with Crippen molar-refractivity contribution in [2.24, 2.45) is 0 Å². The van der Waals surface area contributed by atoms with Gasteiger partial charge in [-0.25, -0.2) is 0 Å². The monoisotopic (exact) mass is 453 g/mol. The quantitative estimate of drug-likeness (QED) is 0.273. The molecule has 10 nitrogen and oxygen atoms in total. The number of carbonyl (C=O) groups excluding carboxylic acids is 1. The molecule has 0 saturated carbocycles. The van der Waals surface area contributed by atoms with Crippen LogP contribution in [0.3, 0.4) is 0 Å². The van der Waals surface area contributed by atoms with E-state index < -0.39 is 16.5 Å². The lowest BCUT2D eigenvalue weighted by Crippen LogP contribution is -2.15. The third kappa shape index (κ3) is 5.95. The molecule has 0 bridgehead atoms. The molecule has 0 radical (unpaired) electrons. The summed E-state index contributed by atoms with van der Waals surface area (Å²) in [5.74, 6) is 0.840. The molecule has 0 spiro atoms. The van der Waals surface area contributed by atoms with Crippen molar-refractivity contribution in [1.82, 2.24) is 4.98 Å². The van der Waals surface area contributed by atoms with Crippen LogP contribution in [0.4, 0.5) is 11.4 Å². The number of nitro groups is 1. The molecule has 1 N–H and O–H groups in total. The number of rotatable bonds is 10. The number of ether oxygens (including phenoxy) is 4. The van der Waals surface area contributed by atoms with E-state index in [2.05, 4.69) is 10.3 Å². The molecular formula is C23H23N3O7. The van der Waals surface area contributed by atoms with Gasteiger partial charge in [0, 0.05) is 25.1 Å². The van der Waals surface area contributed by atoms with Crippen molar-refractivity contribution >= 4 is 17.3 Å². The summed E-state index contributed by atoms with van der Waals surface area (Å²) in [5, 5.41) is 14.3. The Bertz CT molecular complexity index is 1140. The highest BCUT2D eigenvalue weighted by Gasteiger charge is 2.25. The van der Waals surface area contributed by atoms with Gasteiger partial charge >= 0.3 is 0 Å². The topological polar surface area (TPSA) is 122 Å². The smallest absolute Gasteiger partial charge is 0.286 e. The van der Waals surface area contributed by atoms with Gasteiger partial charge in [0.25, 0.3) is 11.6 Å². The lowest BCUT2D eigenvalue weighted by atomic mass is 10.1. The van der Waals surface area contributed by atoms with E-state index in [-0.39, 0.29) is 23.7 Å². The van der Waals surface area contributed by atoms with E-state index >= 15 is 0 Å². The number of pyridine rings is 1. The molecule has 0 fully saturated rings. The van der Waals surface area contributed by atoms with Crippen molar-refractivity contribution in [2.75, 3.05) is 32.8 Å². The average molecular weight is 453 g/mol. The highest BCUT2D eigenvalue weighted by molar-refractivity contribution is 6.07. The highest BCUT2D eigenvalue weighted by atomic mass is 16.6. The number of aryl methyl sites for hydroxylation is 1. The van der Waals surface area contributed by atoms with Gasteiger partial charge in [0.1, 0.15) is 23.7 Å². The van der Waals surface area contributed by atoms with Crippen LogP contribution in [-0.4, -0.2) is 43.2 Å². The number of nitrogens with one attached hydrogen (secondary N) is 1. The van der Waals surface area contributed by atoms with Crippen LogP contribution < -0.4 is 19.5 Å². The zero-order valence-electron chi connectivity index (χ0n) is 18.4. The van der Waals surface area contributed by atoms with Crippen molar-refractivity contribution in [3.63, 3.8) is 0 Å². The molecule has 1 aromatic heterocycles. The molecule has 172 valence electrons. The lowest BCUT2D eigenvalue weighted by Gasteiger charge is -2.13. The number of aromatic nitrogens is 1. The van der Waals surface area contributed by atoms with E-state index in [4.69, 9.17) is 18.9 Å². The van der Waals surface area contributed by atoms with Crippen LogP contribution in [0.15, 0.2) is 54.9 Å². The summed E-state index contributed by atoms with van der Waals surface area (Å²) in [6, 6.07) is 11.0. The number of hydrogen-bond acceptors (Lipinski definition) is 8. The number of anilines is 1. The fraction of sp³-hybridized carbons (Fsp3) is 0.217. The maximum atomic E-state index is 12.9. The fourth-order valence-corrected chi connectivity index (χ4v) is 2.96. The Morgan fingerprint density at radius 1 is 1.09 bits per heavy atom. The molecule has 0 unspecified atom stereocenters. The van der Waals surface area contributed by atoms with Gasteiger partial charge in [0.2, 0.25) is 0 Å². The zero-order chi connectivity index (χ0) is 23.8. The molecule has 0 aliphatic rings. The van der Waals surface area contributed by atoms with Crippen LogP contribution in [0.2, 0.25) is 0 Å². The minimum atomic E-state index is -0.663. The second-order valence-corrected chi connectivity index (χ2v) is 6.84. The molecule has 0 aliphatic carbocycles. The van der Waals surface area contributed by atoms with Gasteiger partial charge in [-0.05, 0) is 42.8 Å². The maximum Gasteiger partial charge on any atom is 0.286 e. The summed E-state index contributed by atoms with van der Waals surface area (Å²) >= 11 is 0. The number of nitrogens with zero attached hydrogens (tertiary/aromatic N) is 2. The number of amides is 1. The summed E-state index contributed by atoms with van der Waals surface area (Å²) in [7, 11) is 2.89. The minimum Gasteiger partial charge on any atom is -0.493 e. The van der Waals surface area contributed by atoms with Gasteiger partial charge in [-0.15, -0.1) is 0 Å². The standard InChI is InChI=1S/C23H23N3O7/c1-15-11-16(6-7-20(15)33-17-5-4-8-24-14-17)25-23(27)18-12-21(31-3)22(32-10-9-30-2)13-19(18)26(28)29/h4-8,11-14H,9-10H2,1-3H3,(H,25,27). The Kier molecular flexibility index (Phi) is 7.77. The van der Waals surface area contributed by atoms with E-state index in [9.17, 15) is 14.9 Å². The first-order valence-corrected chi connectivity index (χ1v) is 9.91. The Morgan fingerprint density at radius 2 is 1.91 bits per heavy atom. The van der Waals surface area contributed by atoms with E-state index in [0.717, 1.165) is 5.56 Å². The molecule has 0 saturated heterocycles. The molecule has 3 rings (SSSR count). The van der Waals surface area contributed by atoms with Gasteiger partial charge < -0.3 is 24.3 Å². The minimum absolute atomic E-state index is 0.144. The highest BCUT2D eigenvalue weighted by Crippen LogP contribution is 2.35. The van der Waals surface area contributed by atoms with Crippen molar-refractivity contribution in [2.45, 2.75) is 6.92 Å². The zero-order valence-corrected chi connectivity index (χ0v) is 18.4. The van der Waals surface area contributed by atoms with Gasteiger partial charge in [0.05, 0.1) is 30.9 Å². The Hall–Kier alpha value is -4.18. The van der Waals surface area contributed by atoms with Crippen LogP contribution in [0.1, 0.15) is 15.9 Å². The first-order valence-electron chi connectivity index (χ1n) is 9.91. The fourth-order valence-electron chi connectivity index (χ4n) is 2.96. The van der Waals surface area contributed by atoms with Crippen LogP contribution in [0.25, 0.3) is 0 Å². The molecule has 0 atom stereocenters. The first-order chi connectivity index (χ1) is 15.9. The Morgan fingerprint density at radius 3 is 2.55 bits per heavy atom. The first kappa shape index (κ1) is 23.5. The molecule has 33 heavy (non-hydrogen) atoms. The normalized spacial score (nSPS) is 10.4. The third-order valence-electron chi connectivity index (χ3n) is 4.56. The van der Waals surface area contributed by atoms with Crippen LogP contribution in [0.5, 0.6) is 23.0 Å². The summed E-state index contributed by atoms with van der Waals surface area (Å²) in [6.07, 6.45) is 3.23. The van der Waals surface area contributed by atoms with Crippen molar-refractivity contribution < 1.29 is 28.7 Å². The molecule has 1 heterocycles. The second-order valence-electron chi connectivity index (χ2n) is 6.84.